The summed E-state index contributed by atoms with van der Waals surface area (Å²) in [7, 11) is 0. The fraction of sp³-hybridized carbons (Fsp3) is 0.381. The summed E-state index contributed by atoms with van der Waals surface area (Å²) < 4.78 is 5.33. The molecule has 150 valence electrons. The molecule has 0 aliphatic carbocycles. The maximum atomic E-state index is 12.6. The van der Waals surface area contributed by atoms with Crippen molar-refractivity contribution in [2.45, 2.75) is 46.8 Å². The number of hydrogen-bond donors (Lipinski definition) is 2. The van der Waals surface area contributed by atoms with Crippen LogP contribution in [0.15, 0.2) is 35.7 Å². The fourth-order valence-corrected chi connectivity index (χ4v) is 3.23. The van der Waals surface area contributed by atoms with Gasteiger partial charge in [0.05, 0.1) is 4.88 Å². The monoisotopic (exact) mass is 402 g/mol. The number of aryl methyl sites for hydroxylation is 2. The summed E-state index contributed by atoms with van der Waals surface area (Å²) >= 11 is 1.29. The smallest absolute Gasteiger partial charge is 0.329 e. The molecular formula is C21H26N2O4S. The van der Waals surface area contributed by atoms with Crippen LogP contribution in [-0.4, -0.2) is 29.9 Å². The quantitative estimate of drug-likeness (QED) is 0.692. The van der Waals surface area contributed by atoms with E-state index in [0.29, 0.717) is 10.6 Å². The van der Waals surface area contributed by atoms with Crippen molar-refractivity contribution >= 4 is 34.8 Å². The molecule has 0 fully saturated rings. The molecule has 2 aromatic rings. The zero-order valence-corrected chi connectivity index (χ0v) is 17.6. The minimum atomic E-state index is -0.993. The van der Waals surface area contributed by atoms with Gasteiger partial charge in [-0.2, -0.15) is 0 Å². The molecule has 0 aliphatic rings. The standard InChI is InChI=1S/C21H26N2O4S/c1-12(2)18(23-20(25)17-7-6-10-28-17)21(26)27-15(5)19(24)22-16-9-8-13(3)11-14(16)4/h6-12,15,18H,1-5H3,(H,22,24)(H,23,25)/t15-,18-/m1/s1. The van der Waals surface area contributed by atoms with Crippen LogP contribution in [0.2, 0.25) is 0 Å². The highest BCUT2D eigenvalue weighted by Crippen LogP contribution is 2.17. The molecule has 2 atom stereocenters. The summed E-state index contributed by atoms with van der Waals surface area (Å²) in [4.78, 5) is 37.7. The van der Waals surface area contributed by atoms with Crippen LogP contribution in [0, 0.1) is 19.8 Å². The molecule has 6 nitrogen and oxygen atoms in total. The Morgan fingerprint density at radius 2 is 1.79 bits per heavy atom. The molecule has 7 heteroatoms. The van der Waals surface area contributed by atoms with Gasteiger partial charge in [-0.05, 0) is 49.8 Å². The number of anilines is 1. The first-order valence-electron chi connectivity index (χ1n) is 9.12. The highest BCUT2D eigenvalue weighted by molar-refractivity contribution is 7.12. The van der Waals surface area contributed by atoms with Crippen molar-refractivity contribution < 1.29 is 19.1 Å². The zero-order chi connectivity index (χ0) is 20.8. The van der Waals surface area contributed by atoms with Gasteiger partial charge in [-0.25, -0.2) is 4.79 Å². The maximum Gasteiger partial charge on any atom is 0.329 e. The number of carbonyl (C=O) groups excluding carboxylic acids is 3. The van der Waals surface area contributed by atoms with Gasteiger partial charge in [0.2, 0.25) is 0 Å². The third-order valence-electron chi connectivity index (χ3n) is 4.25. The number of benzene rings is 1. The molecule has 2 N–H and O–H groups in total. The first kappa shape index (κ1) is 21.6. The van der Waals surface area contributed by atoms with Crippen molar-refractivity contribution in [3.63, 3.8) is 0 Å². The van der Waals surface area contributed by atoms with Crippen LogP contribution in [0.5, 0.6) is 0 Å². The van der Waals surface area contributed by atoms with Gasteiger partial charge in [0, 0.05) is 5.69 Å². The van der Waals surface area contributed by atoms with Gasteiger partial charge >= 0.3 is 5.97 Å². The van der Waals surface area contributed by atoms with E-state index < -0.39 is 24.0 Å². The van der Waals surface area contributed by atoms with E-state index in [2.05, 4.69) is 10.6 Å². The van der Waals surface area contributed by atoms with Gasteiger partial charge < -0.3 is 15.4 Å². The molecule has 1 aromatic carbocycles. The topological polar surface area (TPSA) is 84.5 Å². The van der Waals surface area contributed by atoms with Gasteiger partial charge in [0.25, 0.3) is 11.8 Å². The second-order valence-electron chi connectivity index (χ2n) is 7.06. The van der Waals surface area contributed by atoms with E-state index in [1.54, 1.807) is 31.4 Å². The molecule has 1 heterocycles. The van der Waals surface area contributed by atoms with Gasteiger partial charge in [-0.1, -0.05) is 37.6 Å². The lowest BCUT2D eigenvalue weighted by molar-refractivity contribution is -0.156. The number of rotatable bonds is 7. The second kappa shape index (κ2) is 9.50. The first-order valence-corrected chi connectivity index (χ1v) is 10.00. The third kappa shape index (κ3) is 5.66. The Hall–Kier alpha value is -2.67. The van der Waals surface area contributed by atoms with Gasteiger partial charge in [-0.3, -0.25) is 9.59 Å². The average molecular weight is 403 g/mol. The molecule has 0 aliphatic heterocycles. The minimum Gasteiger partial charge on any atom is -0.451 e. The zero-order valence-electron chi connectivity index (χ0n) is 16.7. The molecular weight excluding hydrogens is 376 g/mol. The third-order valence-corrected chi connectivity index (χ3v) is 5.12. The molecule has 0 radical (unpaired) electrons. The van der Waals surface area contributed by atoms with Crippen LogP contribution in [0.4, 0.5) is 5.69 Å². The van der Waals surface area contributed by atoms with Crippen molar-refractivity contribution in [3.8, 4) is 0 Å². The Morgan fingerprint density at radius 1 is 1.07 bits per heavy atom. The van der Waals surface area contributed by atoms with E-state index in [1.165, 1.54) is 18.3 Å². The number of carbonyl (C=O) groups is 3. The molecule has 0 spiro atoms. The first-order chi connectivity index (χ1) is 13.2. The minimum absolute atomic E-state index is 0.189. The SMILES string of the molecule is Cc1ccc(NC(=O)[C@@H](C)OC(=O)[C@H](NC(=O)c2cccs2)C(C)C)c(C)c1. The molecule has 0 saturated heterocycles. The highest BCUT2D eigenvalue weighted by atomic mass is 32.1. The lowest BCUT2D eigenvalue weighted by Crippen LogP contribution is -2.47. The number of esters is 1. The molecule has 28 heavy (non-hydrogen) atoms. The lowest BCUT2D eigenvalue weighted by atomic mass is 10.0. The number of nitrogens with one attached hydrogen (secondary N) is 2. The van der Waals surface area contributed by atoms with Crippen molar-refractivity contribution in [1.82, 2.24) is 5.32 Å². The number of amides is 2. The molecule has 2 amide bonds. The van der Waals surface area contributed by atoms with Crippen LogP contribution >= 0.6 is 11.3 Å². The van der Waals surface area contributed by atoms with Crippen LogP contribution in [0.3, 0.4) is 0 Å². The molecule has 0 unspecified atom stereocenters. The van der Waals surface area contributed by atoms with E-state index >= 15 is 0 Å². The van der Waals surface area contributed by atoms with Crippen molar-refractivity contribution in [3.05, 3.63) is 51.7 Å². The van der Waals surface area contributed by atoms with Gasteiger partial charge in [-0.15, -0.1) is 11.3 Å². The number of hydrogen-bond acceptors (Lipinski definition) is 5. The summed E-state index contributed by atoms with van der Waals surface area (Å²) in [6.07, 6.45) is -0.993. The van der Waals surface area contributed by atoms with Gasteiger partial charge in [0.1, 0.15) is 6.04 Å². The second-order valence-corrected chi connectivity index (χ2v) is 8.01. The average Bonchev–Trinajstić information content (AvgIpc) is 3.16. The van der Waals surface area contributed by atoms with Crippen molar-refractivity contribution in [1.29, 1.82) is 0 Å². The Labute approximate surface area is 169 Å². The molecule has 2 rings (SSSR count). The molecule has 0 saturated carbocycles. The Kier molecular flexibility index (Phi) is 7.34. The summed E-state index contributed by atoms with van der Waals surface area (Å²) in [6, 6.07) is 8.28. The predicted molar refractivity (Wildman–Crippen MR) is 111 cm³/mol. The fourth-order valence-electron chi connectivity index (χ4n) is 2.61. The Bertz CT molecular complexity index is 846. The van der Waals surface area contributed by atoms with E-state index in [4.69, 9.17) is 4.74 Å². The van der Waals surface area contributed by atoms with E-state index in [0.717, 1.165) is 11.1 Å². The molecule has 0 bridgehead atoms. The maximum absolute atomic E-state index is 12.6. The van der Waals surface area contributed by atoms with Crippen LogP contribution in [0.25, 0.3) is 0 Å². The van der Waals surface area contributed by atoms with E-state index in [1.807, 2.05) is 32.0 Å². The van der Waals surface area contributed by atoms with Gasteiger partial charge in [0.15, 0.2) is 6.10 Å². The number of ether oxygens (including phenoxy) is 1. The summed E-state index contributed by atoms with van der Waals surface area (Å²) in [5.41, 5.74) is 2.69. The van der Waals surface area contributed by atoms with E-state index in [9.17, 15) is 14.4 Å². The number of thiophene rings is 1. The Balaban J connectivity index is 1.99. The predicted octanol–water partition coefficient (Wildman–Crippen LogP) is 3.69. The highest BCUT2D eigenvalue weighted by Gasteiger charge is 2.29. The summed E-state index contributed by atoms with van der Waals surface area (Å²) in [6.45, 7) is 8.99. The van der Waals surface area contributed by atoms with Crippen molar-refractivity contribution in [2.24, 2.45) is 5.92 Å². The van der Waals surface area contributed by atoms with Crippen LogP contribution in [0.1, 0.15) is 41.6 Å². The largest absolute Gasteiger partial charge is 0.451 e. The van der Waals surface area contributed by atoms with E-state index in [-0.39, 0.29) is 11.8 Å². The summed E-state index contributed by atoms with van der Waals surface area (Å²) in [5.74, 6) is -1.58. The van der Waals surface area contributed by atoms with Crippen molar-refractivity contribution in [2.75, 3.05) is 5.32 Å². The normalized spacial score (nSPS) is 12.9. The Morgan fingerprint density at radius 3 is 2.36 bits per heavy atom. The van der Waals surface area contributed by atoms with Crippen LogP contribution < -0.4 is 10.6 Å². The molecule has 1 aromatic heterocycles. The summed E-state index contributed by atoms with van der Waals surface area (Å²) in [5, 5.41) is 7.25. The van der Waals surface area contributed by atoms with Crippen LogP contribution in [-0.2, 0) is 14.3 Å². The lowest BCUT2D eigenvalue weighted by Gasteiger charge is -2.23.